The number of sulfonamides is 1. The number of carbonyl (C=O) groups is 2. The van der Waals surface area contributed by atoms with E-state index in [0.717, 1.165) is 27.4 Å². The maximum atomic E-state index is 14.1. The zero-order valence-electron chi connectivity index (χ0n) is 24.6. The summed E-state index contributed by atoms with van der Waals surface area (Å²) in [6.07, 6.45) is 1.13. The smallest absolute Gasteiger partial charge is 0.264 e. The van der Waals surface area contributed by atoms with E-state index in [1.807, 2.05) is 58.9 Å². The Bertz CT molecular complexity index is 1410. The minimum Gasteiger partial charge on any atom is -0.494 e. The Morgan fingerprint density at radius 2 is 1.56 bits per heavy atom. The van der Waals surface area contributed by atoms with E-state index >= 15 is 0 Å². The van der Waals surface area contributed by atoms with Crippen molar-refractivity contribution in [3.8, 4) is 5.75 Å². The highest BCUT2D eigenvalue weighted by Gasteiger charge is 2.33. The topological polar surface area (TPSA) is 96.0 Å². The monoisotopic (exact) mass is 579 g/mol. The molecular weight excluding hydrogens is 538 g/mol. The fourth-order valence-electron chi connectivity index (χ4n) is 4.50. The minimum absolute atomic E-state index is 0.0722. The lowest BCUT2D eigenvalue weighted by Crippen LogP contribution is -2.52. The predicted octanol–water partition coefficient (Wildman–Crippen LogP) is 5.23. The molecule has 0 radical (unpaired) electrons. The summed E-state index contributed by atoms with van der Waals surface area (Å²) >= 11 is 0. The second kappa shape index (κ2) is 14.7. The molecule has 3 aromatic carbocycles. The molecule has 8 nitrogen and oxygen atoms in total. The van der Waals surface area contributed by atoms with Gasteiger partial charge in [-0.2, -0.15) is 0 Å². The predicted molar refractivity (Wildman–Crippen MR) is 162 cm³/mol. The Hall–Kier alpha value is -3.85. The van der Waals surface area contributed by atoms with E-state index in [0.29, 0.717) is 31.0 Å². The van der Waals surface area contributed by atoms with Crippen molar-refractivity contribution in [2.24, 2.45) is 0 Å². The number of anilines is 1. The molecule has 2 amide bonds. The quantitative estimate of drug-likeness (QED) is 0.282. The third kappa shape index (κ3) is 8.10. The van der Waals surface area contributed by atoms with Gasteiger partial charge in [0.25, 0.3) is 10.0 Å². The van der Waals surface area contributed by atoms with E-state index in [1.165, 1.54) is 17.0 Å². The molecule has 9 heteroatoms. The molecule has 0 saturated carbocycles. The fourth-order valence-corrected chi connectivity index (χ4v) is 5.91. The van der Waals surface area contributed by atoms with Crippen LogP contribution >= 0.6 is 0 Å². The van der Waals surface area contributed by atoms with Gasteiger partial charge >= 0.3 is 0 Å². The van der Waals surface area contributed by atoms with E-state index < -0.39 is 28.5 Å². The summed E-state index contributed by atoms with van der Waals surface area (Å²) in [5.74, 6) is -0.142. The lowest BCUT2D eigenvalue weighted by molar-refractivity contribution is -0.140. The van der Waals surface area contributed by atoms with E-state index in [1.54, 1.807) is 36.4 Å². The Labute approximate surface area is 244 Å². The third-order valence-electron chi connectivity index (χ3n) is 6.86. The van der Waals surface area contributed by atoms with Gasteiger partial charge in [-0.1, -0.05) is 55.8 Å². The number of amides is 2. The first-order valence-electron chi connectivity index (χ1n) is 14.1. The number of rotatable bonds is 14. The average molecular weight is 580 g/mol. The normalized spacial score (nSPS) is 11.9. The van der Waals surface area contributed by atoms with Crippen molar-refractivity contribution in [1.82, 2.24) is 10.2 Å². The van der Waals surface area contributed by atoms with Crippen molar-refractivity contribution >= 4 is 27.5 Å². The van der Waals surface area contributed by atoms with Crippen molar-refractivity contribution in [1.29, 1.82) is 0 Å². The van der Waals surface area contributed by atoms with E-state index in [4.69, 9.17) is 4.74 Å². The highest BCUT2D eigenvalue weighted by molar-refractivity contribution is 7.92. The Morgan fingerprint density at radius 3 is 2.15 bits per heavy atom. The van der Waals surface area contributed by atoms with Crippen molar-refractivity contribution in [3.05, 3.63) is 89.5 Å². The van der Waals surface area contributed by atoms with Crippen LogP contribution in [0, 0.1) is 13.8 Å². The number of nitrogens with zero attached hydrogens (tertiary/aromatic N) is 2. The molecule has 41 heavy (non-hydrogen) atoms. The summed E-state index contributed by atoms with van der Waals surface area (Å²) in [5.41, 5.74) is 3.10. The molecule has 1 N–H and O–H groups in total. The standard InChI is InChI=1S/C32H41N3O5S/c1-6-21-33-32(37)30(7-2)34(22-26-12-10-9-11-25(26)5)31(36)23-35(27-15-17-28(18-16-27)40-8-3)41(38,39)29-19-13-24(4)14-20-29/h9-20,30H,6-8,21-23H2,1-5H3,(H,33,37)/t30-/m1/s1. The van der Waals surface area contributed by atoms with Crippen molar-refractivity contribution < 1.29 is 22.7 Å². The summed E-state index contributed by atoms with van der Waals surface area (Å²) < 4.78 is 34.6. The molecule has 1 atom stereocenters. The lowest BCUT2D eigenvalue weighted by atomic mass is 10.1. The Kier molecular flexibility index (Phi) is 11.3. The van der Waals surface area contributed by atoms with Crippen molar-refractivity contribution in [2.75, 3.05) is 24.0 Å². The van der Waals surface area contributed by atoms with Crippen molar-refractivity contribution in [2.45, 2.75) is 64.9 Å². The van der Waals surface area contributed by atoms with E-state index in [2.05, 4.69) is 5.32 Å². The summed E-state index contributed by atoms with van der Waals surface area (Å²) in [6, 6.07) is 20.0. The van der Waals surface area contributed by atoms with Crippen LogP contribution in [0.4, 0.5) is 5.69 Å². The largest absolute Gasteiger partial charge is 0.494 e. The van der Waals surface area contributed by atoms with Gasteiger partial charge in [0.05, 0.1) is 17.2 Å². The minimum atomic E-state index is -4.13. The first-order valence-corrected chi connectivity index (χ1v) is 15.5. The molecule has 0 aromatic heterocycles. The molecule has 0 aliphatic heterocycles. The zero-order valence-corrected chi connectivity index (χ0v) is 25.4. The maximum Gasteiger partial charge on any atom is 0.264 e. The molecule has 220 valence electrons. The maximum absolute atomic E-state index is 14.1. The third-order valence-corrected chi connectivity index (χ3v) is 8.65. The number of benzene rings is 3. The van der Waals surface area contributed by atoms with Crippen LogP contribution in [0.3, 0.4) is 0 Å². The molecule has 0 bridgehead atoms. The number of aryl methyl sites for hydroxylation is 2. The molecule has 0 aliphatic rings. The summed E-state index contributed by atoms with van der Waals surface area (Å²) in [6.45, 7) is 10.1. The number of hydrogen-bond acceptors (Lipinski definition) is 5. The highest BCUT2D eigenvalue weighted by Crippen LogP contribution is 2.27. The lowest BCUT2D eigenvalue weighted by Gasteiger charge is -2.33. The highest BCUT2D eigenvalue weighted by atomic mass is 32.2. The van der Waals surface area contributed by atoms with E-state index in [-0.39, 0.29) is 17.3 Å². The molecule has 3 rings (SSSR count). The number of carbonyl (C=O) groups excluding carboxylic acids is 2. The van der Waals surface area contributed by atoms with Gasteiger partial charge in [0, 0.05) is 13.1 Å². The van der Waals surface area contributed by atoms with Gasteiger partial charge in [-0.3, -0.25) is 13.9 Å². The first-order chi connectivity index (χ1) is 19.6. The van der Waals surface area contributed by atoms with E-state index in [9.17, 15) is 18.0 Å². The van der Waals surface area contributed by atoms with Crippen LogP contribution in [0.2, 0.25) is 0 Å². The SMILES string of the molecule is CCCNC(=O)[C@@H](CC)N(Cc1ccccc1C)C(=O)CN(c1ccc(OCC)cc1)S(=O)(=O)c1ccc(C)cc1. The molecule has 3 aromatic rings. The van der Waals surface area contributed by atoms with Crippen LogP contribution in [0.1, 0.15) is 50.3 Å². The Morgan fingerprint density at radius 1 is 0.902 bits per heavy atom. The Balaban J connectivity index is 2.06. The fraction of sp³-hybridized carbons (Fsp3) is 0.375. The van der Waals surface area contributed by atoms with Gasteiger partial charge in [0.1, 0.15) is 18.3 Å². The van der Waals surface area contributed by atoms with Crippen LogP contribution in [-0.2, 0) is 26.2 Å². The summed E-state index contributed by atoms with van der Waals surface area (Å²) in [7, 11) is -4.13. The molecular formula is C32H41N3O5S. The zero-order chi connectivity index (χ0) is 30.0. The summed E-state index contributed by atoms with van der Waals surface area (Å²) in [5, 5.41) is 2.91. The van der Waals surface area contributed by atoms with Crippen LogP contribution < -0.4 is 14.4 Å². The second-order valence-electron chi connectivity index (χ2n) is 9.91. The summed E-state index contributed by atoms with van der Waals surface area (Å²) in [4.78, 5) is 28.9. The van der Waals surface area contributed by atoms with Crippen molar-refractivity contribution in [3.63, 3.8) is 0 Å². The number of nitrogens with one attached hydrogen (secondary N) is 1. The number of ether oxygens (including phenoxy) is 1. The molecule has 0 heterocycles. The average Bonchev–Trinajstić information content (AvgIpc) is 2.96. The van der Waals surface area contributed by atoms with Crippen LogP contribution in [-0.4, -0.2) is 50.9 Å². The van der Waals surface area contributed by atoms with Gasteiger partial charge in [-0.25, -0.2) is 8.42 Å². The second-order valence-corrected chi connectivity index (χ2v) is 11.8. The van der Waals surface area contributed by atoms with Gasteiger partial charge in [-0.15, -0.1) is 0 Å². The number of hydrogen-bond donors (Lipinski definition) is 1. The van der Waals surface area contributed by atoms with Crippen LogP contribution in [0.15, 0.2) is 77.7 Å². The van der Waals surface area contributed by atoms with Crippen LogP contribution in [0.5, 0.6) is 5.75 Å². The van der Waals surface area contributed by atoms with Gasteiger partial charge < -0.3 is 15.0 Å². The molecule has 0 aliphatic carbocycles. The molecule has 0 spiro atoms. The molecule has 0 fully saturated rings. The van der Waals surface area contributed by atoms with Crippen LogP contribution in [0.25, 0.3) is 0 Å². The first kappa shape index (κ1) is 31.7. The molecule has 0 unspecified atom stereocenters. The molecule has 0 saturated heterocycles. The van der Waals surface area contributed by atoms with Gasteiger partial charge in [0.15, 0.2) is 0 Å². The van der Waals surface area contributed by atoms with Gasteiger partial charge in [0.2, 0.25) is 11.8 Å². The van der Waals surface area contributed by atoms with Gasteiger partial charge in [-0.05, 0) is 81.1 Å².